The molecule has 0 aromatic heterocycles. The third-order valence-electron chi connectivity index (χ3n) is 2.93. The third kappa shape index (κ3) is 4.95. The highest BCUT2D eigenvalue weighted by Crippen LogP contribution is 2.12. The molecule has 0 radical (unpaired) electrons. The van der Waals surface area contributed by atoms with E-state index in [0.29, 0.717) is 25.0 Å². The molecule has 0 bridgehead atoms. The molecule has 5 nitrogen and oxygen atoms in total. The van der Waals surface area contributed by atoms with Crippen LogP contribution in [0.1, 0.15) is 33.1 Å². The fourth-order valence-corrected chi connectivity index (χ4v) is 1.84. The highest BCUT2D eigenvalue weighted by molar-refractivity contribution is 7.98. The van der Waals surface area contributed by atoms with Crippen molar-refractivity contribution < 1.29 is 14.7 Å². The van der Waals surface area contributed by atoms with Gasteiger partial charge in [0.05, 0.1) is 5.54 Å². The Kier molecular flexibility index (Phi) is 7.22. The number of nitrogens with one attached hydrogen (secondary N) is 1. The van der Waals surface area contributed by atoms with Crippen molar-refractivity contribution >= 4 is 23.6 Å². The van der Waals surface area contributed by atoms with Crippen LogP contribution in [0.2, 0.25) is 0 Å². The van der Waals surface area contributed by atoms with Gasteiger partial charge in [0, 0.05) is 0 Å². The Morgan fingerprint density at radius 2 is 1.94 bits per heavy atom. The molecule has 0 aliphatic rings. The Hall–Kier alpha value is -0.750. The molecule has 0 aliphatic carbocycles. The number of carbonyl (C=O) groups is 2. The summed E-state index contributed by atoms with van der Waals surface area (Å²) in [5, 5.41) is 11.5. The molecule has 4 N–H and O–H groups in total. The van der Waals surface area contributed by atoms with Gasteiger partial charge in [-0.1, -0.05) is 13.8 Å². The molecule has 17 heavy (non-hydrogen) atoms. The lowest BCUT2D eigenvalue weighted by Crippen LogP contribution is -2.57. The topological polar surface area (TPSA) is 92.4 Å². The van der Waals surface area contributed by atoms with Crippen molar-refractivity contribution in [2.24, 2.45) is 5.73 Å². The first-order valence-electron chi connectivity index (χ1n) is 5.72. The number of carbonyl (C=O) groups excluding carboxylic acids is 1. The normalized spacial score (nSPS) is 13.2. The highest BCUT2D eigenvalue weighted by Gasteiger charge is 2.32. The Morgan fingerprint density at radius 1 is 1.41 bits per heavy atom. The maximum atomic E-state index is 11.9. The summed E-state index contributed by atoms with van der Waals surface area (Å²) >= 11 is 1.55. The molecule has 0 heterocycles. The zero-order valence-corrected chi connectivity index (χ0v) is 11.5. The van der Waals surface area contributed by atoms with Gasteiger partial charge in [0.25, 0.3) is 0 Å². The monoisotopic (exact) mass is 262 g/mol. The summed E-state index contributed by atoms with van der Waals surface area (Å²) in [7, 11) is 0. The van der Waals surface area contributed by atoms with E-state index in [1.165, 1.54) is 0 Å². The van der Waals surface area contributed by atoms with Crippen LogP contribution in [0.5, 0.6) is 0 Å². The number of nitrogens with two attached hydrogens (primary N) is 1. The fraction of sp³-hybridized carbons (Fsp3) is 0.818. The van der Waals surface area contributed by atoms with E-state index >= 15 is 0 Å². The van der Waals surface area contributed by atoms with E-state index in [1.807, 2.05) is 20.1 Å². The second-order valence-electron chi connectivity index (χ2n) is 4.01. The first-order chi connectivity index (χ1) is 7.91. The van der Waals surface area contributed by atoms with Gasteiger partial charge in [0.15, 0.2) is 0 Å². The van der Waals surface area contributed by atoms with Gasteiger partial charge in [-0.25, -0.2) is 4.79 Å². The number of hydrogen-bond acceptors (Lipinski definition) is 4. The smallest absolute Gasteiger partial charge is 0.326 e. The van der Waals surface area contributed by atoms with Gasteiger partial charge in [-0.3, -0.25) is 4.79 Å². The second-order valence-corrected chi connectivity index (χ2v) is 4.99. The van der Waals surface area contributed by atoms with Crippen LogP contribution < -0.4 is 11.1 Å². The van der Waals surface area contributed by atoms with Crippen molar-refractivity contribution in [1.82, 2.24) is 5.32 Å². The average Bonchev–Trinajstić information content (AvgIpc) is 2.32. The number of thioether (sulfide) groups is 1. The van der Waals surface area contributed by atoms with Gasteiger partial charge >= 0.3 is 5.97 Å². The maximum Gasteiger partial charge on any atom is 0.326 e. The van der Waals surface area contributed by atoms with Gasteiger partial charge in [0.1, 0.15) is 6.04 Å². The van der Waals surface area contributed by atoms with E-state index in [4.69, 9.17) is 10.8 Å². The predicted octanol–water partition coefficient (Wildman–Crippen LogP) is 0.826. The molecule has 0 unspecified atom stereocenters. The minimum atomic E-state index is -1.01. The van der Waals surface area contributed by atoms with Crippen molar-refractivity contribution in [1.29, 1.82) is 0 Å². The van der Waals surface area contributed by atoms with Crippen molar-refractivity contribution in [3.05, 3.63) is 0 Å². The van der Waals surface area contributed by atoms with E-state index in [9.17, 15) is 9.59 Å². The summed E-state index contributed by atoms with van der Waals surface area (Å²) in [5.74, 6) is -0.703. The number of amides is 1. The Balaban J connectivity index is 4.54. The Labute approximate surface area is 107 Å². The van der Waals surface area contributed by atoms with Crippen molar-refractivity contribution in [2.45, 2.75) is 44.7 Å². The van der Waals surface area contributed by atoms with E-state index in [2.05, 4.69) is 5.32 Å². The van der Waals surface area contributed by atoms with Gasteiger partial charge in [-0.05, 0) is 31.3 Å². The molecule has 0 fully saturated rings. The predicted molar refractivity (Wildman–Crippen MR) is 70.1 cm³/mol. The largest absolute Gasteiger partial charge is 0.480 e. The summed E-state index contributed by atoms with van der Waals surface area (Å²) in [4.78, 5) is 22.9. The second kappa shape index (κ2) is 7.55. The summed E-state index contributed by atoms with van der Waals surface area (Å²) in [5.41, 5.74) is 4.94. The molecule has 0 aromatic rings. The van der Waals surface area contributed by atoms with Crippen LogP contribution in [0, 0.1) is 0 Å². The summed E-state index contributed by atoms with van der Waals surface area (Å²) < 4.78 is 0. The molecule has 100 valence electrons. The lowest BCUT2D eigenvalue weighted by molar-refractivity contribution is -0.142. The number of carboxylic acid groups (broad SMARTS) is 1. The van der Waals surface area contributed by atoms with E-state index in [0.717, 1.165) is 0 Å². The molecule has 0 rings (SSSR count). The molecule has 1 atom stereocenters. The van der Waals surface area contributed by atoms with Crippen LogP contribution in [-0.4, -0.2) is 40.6 Å². The van der Waals surface area contributed by atoms with Crippen LogP contribution in [0.25, 0.3) is 0 Å². The standard InChI is InChI=1S/C11H22N2O3S/c1-4-11(12,5-2)10(16)13-8(9(14)15)6-7-17-3/h8H,4-7,12H2,1-3H3,(H,13,16)(H,14,15)/t8-/m1/s1. The molecule has 0 saturated carbocycles. The first kappa shape index (κ1) is 16.2. The molecule has 0 spiro atoms. The zero-order valence-electron chi connectivity index (χ0n) is 10.7. The summed E-state index contributed by atoms with van der Waals surface area (Å²) in [6.07, 6.45) is 3.28. The minimum Gasteiger partial charge on any atom is -0.480 e. The van der Waals surface area contributed by atoms with Crippen molar-refractivity contribution in [3.63, 3.8) is 0 Å². The van der Waals surface area contributed by atoms with E-state index < -0.39 is 17.6 Å². The van der Waals surface area contributed by atoms with Gasteiger partial charge in [-0.2, -0.15) is 11.8 Å². The molecule has 0 aliphatic heterocycles. The quantitative estimate of drug-likeness (QED) is 0.602. The average molecular weight is 262 g/mol. The number of hydrogen-bond donors (Lipinski definition) is 3. The molecule has 6 heteroatoms. The Morgan fingerprint density at radius 3 is 2.29 bits per heavy atom. The molecule has 1 amide bonds. The first-order valence-corrected chi connectivity index (χ1v) is 7.12. The SMILES string of the molecule is CCC(N)(CC)C(=O)N[C@H](CCSC)C(=O)O. The van der Waals surface area contributed by atoms with Crippen LogP contribution in [0.15, 0.2) is 0 Å². The minimum absolute atomic E-state index is 0.379. The van der Waals surface area contributed by atoms with Crippen molar-refractivity contribution in [2.75, 3.05) is 12.0 Å². The van der Waals surface area contributed by atoms with Crippen LogP contribution in [-0.2, 0) is 9.59 Å². The van der Waals surface area contributed by atoms with Crippen LogP contribution in [0.3, 0.4) is 0 Å². The number of carboxylic acids is 1. The fourth-order valence-electron chi connectivity index (χ4n) is 1.37. The van der Waals surface area contributed by atoms with E-state index in [-0.39, 0.29) is 5.91 Å². The number of aliphatic carboxylic acids is 1. The molecular weight excluding hydrogens is 240 g/mol. The molecule has 0 aromatic carbocycles. The van der Waals surface area contributed by atoms with Gasteiger partial charge < -0.3 is 16.2 Å². The van der Waals surface area contributed by atoms with Crippen LogP contribution >= 0.6 is 11.8 Å². The lowest BCUT2D eigenvalue weighted by Gasteiger charge is -2.27. The highest BCUT2D eigenvalue weighted by atomic mass is 32.2. The summed E-state index contributed by atoms with van der Waals surface area (Å²) in [6.45, 7) is 3.64. The Bertz CT molecular complexity index is 267. The lowest BCUT2D eigenvalue weighted by atomic mass is 9.93. The third-order valence-corrected chi connectivity index (χ3v) is 3.57. The zero-order chi connectivity index (χ0) is 13.5. The van der Waals surface area contributed by atoms with Gasteiger partial charge in [0.2, 0.25) is 5.91 Å². The van der Waals surface area contributed by atoms with E-state index in [1.54, 1.807) is 11.8 Å². The number of rotatable bonds is 8. The van der Waals surface area contributed by atoms with Crippen LogP contribution in [0.4, 0.5) is 0 Å². The molecular formula is C11H22N2O3S. The summed E-state index contributed by atoms with van der Waals surface area (Å²) in [6, 6.07) is -0.851. The maximum absolute atomic E-state index is 11.9. The molecule has 0 saturated heterocycles. The van der Waals surface area contributed by atoms with Gasteiger partial charge in [-0.15, -0.1) is 0 Å². The van der Waals surface area contributed by atoms with Crippen molar-refractivity contribution in [3.8, 4) is 0 Å².